The summed E-state index contributed by atoms with van der Waals surface area (Å²) in [5.41, 5.74) is -0.442. The molecule has 6 heteroatoms. The number of carboxylic acid groups (broad SMARTS) is 1. The molecule has 0 spiro atoms. The molecule has 1 aliphatic rings. The number of ether oxygens (including phenoxy) is 2. The lowest BCUT2D eigenvalue weighted by molar-refractivity contribution is -0.155. The lowest BCUT2D eigenvalue weighted by atomic mass is 10.1. The monoisotopic (exact) mass is 298 g/mol. The van der Waals surface area contributed by atoms with E-state index in [9.17, 15) is 14.4 Å². The van der Waals surface area contributed by atoms with E-state index in [4.69, 9.17) is 9.84 Å². The van der Waals surface area contributed by atoms with Gasteiger partial charge in [0.05, 0.1) is 6.42 Å². The smallest absolute Gasteiger partial charge is 0.341 e. The molecule has 0 bridgehead atoms. The van der Waals surface area contributed by atoms with Gasteiger partial charge in [-0.15, -0.1) is 0 Å². The van der Waals surface area contributed by atoms with Gasteiger partial charge in [-0.1, -0.05) is 26.3 Å². The summed E-state index contributed by atoms with van der Waals surface area (Å²) in [5, 5.41) is 8.39. The molecule has 6 nitrogen and oxygen atoms in total. The predicted octanol–water partition coefficient (Wildman–Crippen LogP) is 2.22. The fraction of sp³-hybridized carbons (Fsp3) is 0.667. The molecule has 0 unspecified atom stereocenters. The van der Waals surface area contributed by atoms with Gasteiger partial charge in [0.15, 0.2) is 6.61 Å². The minimum atomic E-state index is -1.26. The molecule has 1 N–H and O–H groups in total. The number of carbonyl (C=O) groups excluding carboxylic acids is 2. The third-order valence-electron chi connectivity index (χ3n) is 3.35. The summed E-state index contributed by atoms with van der Waals surface area (Å²) in [7, 11) is 0. The van der Waals surface area contributed by atoms with E-state index in [1.807, 2.05) is 0 Å². The maximum absolute atomic E-state index is 11.8. The molecule has 0 radical (unpaired) electrons. The van der Waals surface area contributed by atoms with Crippen molar-refractivity contribution in [2.45, 2.75) is 57.5 Å². The van der Waals surface area contributed by atoms with Crippen molar-refractivity contribution in [2.24, 2.45) is 0 Å². The minimum Gasteiger partial charge on any atom is -0.479 e. The van der Waals surface area contributed by atoms with E-state index in [0.29, 0.717) is 0 Å². The largest absolute Gasteiger partial charge is 0.479 e. The molecule has 0 atom stereocenters. The van der Waals surface area contributed by atoms with Crippen LogP contribution in [0, 0.1) is 0 Å². The van der Waals surface area contributed by atoms with Crippen LogP contribution >= 0.6 is 0 Å². The van der Waals surface area contributed by atoms with Crippen LogP contribution in [-0.4, -0.2) is 35.2 Å². The van der Waals surface area contributed by atoms with Crippen molar-refractivity contribution in [2.75, 3.05) is 6.61 Å². The van der Waals surface area contributed by atoms with Gasteiger partial charge in [0, 0.05) is 5.57 Å². The number of hydrogen-bond acceptors (Lipinski definition) is 5. The Morgan fingerprint density at radius 2 is 1.90 bits per heavy atom. The Hall–Kier alpha value is -1.85. The zero-order valence-electron chi connectivity index (χ0n) is 12.4. The second kappa shape index (κ2) is 7.81. The van der Waals surface area contributed by atoms with Crippen LogP contribution in [0.4, 0.5) is 0 Å². The van der Waals surface area contributed by atoms with Crippen molar-refractivity contribution in [3.05, 3.63) is 12.2 Å². The van der Waals surface area contributed by atoms with Crippen LogP contribution < -0.4 is 0 Å². The zero-order valence-corrected chi connectivity index (χ0v) is 12.4. The molecule has 0 heterocycles. The molecule has 1 saturated carbocycles. The average Bonchev–Trinajstić information content (AvgIpc) is 3.15. The van der Waals surface area contributed by atoms with Crippen LogP contribution in [0.2, 0.25) is 0 Å². The van der Waals surface area contributed by atoms with Crippen molar-refractivity contribution >= 4 is 17.9 Å². The molecule has 0 amide bonds. The van der Waals surface area contributed by atoms with Gasteiger partial charge < -0.3 is 14.6 Å². The Morgan fingerprint density at radius 1 is 1.24 bits per heavy atom. The van der Waals surface area contributed by atoms with Gasteiger partial charge in [0.1, 0.15) is 5.60 Å². The number of rotatable bonds is 10. The first-order valence-electron chi connectivity index (χ1n) is 7.17. The highest BCUT2D eigenvalue weighted by Crippen LogP contribution is 2.44. The van der Waals surface area contributed by atoms with Crippen LogP contribution in [0.5, 0.6) is 0 Å². The Labute approximate surface area is 124 Å². The van der Waals surface area contributed by atoms with Gasteiger partial charge in [-0.3, -0.25) is 4.79 Å². The standard InChI is InChI=1S/C15H22O6/c1-3-4-5-6-15(7-8-15)21-13(18)9-11(2)14(19)20-10-12(16)17/h2-10H2,1H3,(H,16,17). The molecular formula is C15H22O6. The number of hydrogen-bond donors (Lipinski definition) is 1. The molecule has 0 aromatic heterocycles. The molecule has 0 aliphatic heterocycles. The summed E-state index contributed by atoms with van der Waals surface area (Å²) in [6.07, 6.45) is 5.53. The molecule has 21 heavy (non-hydrogen) atoms. The van der Waals surface area contributed by atoms with Crippen molar-refractivity contribution in [1.29, 1.82) is 0 Å². The molecule has 0 aromatic carbocycles. The molecular weight excluding hydrogens is 276 g/mol. The Bertz CT molecular complexity index is 422. The first kappa shape index (κ1) is 17.2. The number of esters is 2. The quantitative estimate of drug-likeness (QED) is 0.378. The summed E-state index contributed by atoms with van der Waals surface area (Å²) in [6, 6.07) is 0. The first-order chi connectivity index (χ1) is 9.88. The van der Waals surface area contributed by atoms with Crippen LogP contribution in [0.1, 0.15) is 51.9 Å². The van der Waals surface area contributed by atoms with E-state index in [0.717, 1.165) is 38.5 Å². The first-order valence-corrected chi connectivity index (χ1v) is 7.17. The summed E-state index contributed by atoms with van der Waals surface area (Å²) >= 11 is 0. The number of aliphatic carboxylic acids is 1. The number of carboxylic acids is 1. The predicted molar refractivity (Wildman–Crippen MR) is 74.6 cm³/mol. The molecule has 0 saturated heterocycles. The lowest BCUT2D eigenvalue weighted by Crippen LogP contribution is -2.22. The molecule has 0 aromatic rings. The maximum atomic E-state index is 11.8. The Kier molecular flexibility index (Phi) is 6.39. The van der Waals surface area contributed by atoms with Gasteiger partial charge in [0.2, 0.25) is 0 Å². The third kappa shape index (κ3) is 6.42. The van der Waals surface area contributed by atoms with Crippen LogP contribution in [0.15, 0.2) is 12.2 Å². The average molecular weight is 298 g/mol. The third-order valence-corrected chi connectivity index (χ3v) is 3.35. The summed E-state index contributed by atoms with van der Waals surface area (Å²) in [4.78, 5) is 33.4. The highest BCUT2D eigenvalue weighted by molar-refractivity contribution is 5.94. The fourth-order valence-electron chi connectivity index (χ4n) is 1.99. The van der Waals surface area contributed by atoms with Gasteiger partial charge >= 0.3 is 17.9 Å². The van der Waals surface area contributed by atoms with E-state index in [1.165, 1.54) is 0 Å². The second-order valence-electron chi connectivity index (χ2n) is 5.36. The van der Waals surface area contributed by atoms with Crippen molar-refractivity contribution in [1.82, 2.24) is 0 Å². The van der Waals surface area contributed by atoms with Crippen LogP contribution in [-0.2, 0) is 23.9 Å². The van der Waals surface area contributed by atoms with Crippen LogP contribution in [0.25, 0.3) is 0 Å². The van der Waals surface area contributed by atoms with E-state index in [-0.39, 0.29) is 17.6 Å². The van der Waals surface area contributed by atoms with E-state index in [1.54, 1.807) is 0 Å². The van der Waals surface area contributed by atoms with E-state index in [2.05, 4.69) is 18.2 Å². The summed E-state index contributed by atoms with van der Waals surface area (Å²) in [5.74, 6) is -2.65. The highest BCUT2D eigenvalue weighted by atomic mass is 16.6. The van der Waals surface area contributed by atoms with Gasteiger partial charge in [-0.25, -0.2) is 9.59 Å². The molecule has 118 valence electrons. The number of unbranched alkanes of at least 4 members (excludes halogenated alkanes) is 2. The maximum Gasteiger partial charge on any atom is 0.341 e. The van der Waals surface area contributed by atoms with Gasteiger partial charge in [-0.05, 0) is 25.7 Å². The van der Waals surface area contributed by atoms with E-state index >= 15 is 0 Å². The molecule has 1 aliphatic carbocycles. The summed E-state index contributed by atoms with van der Waals surface area (Å²) in [6.45, 7) is 4.80. The Morgan fingerprint density at radius 3 is 2.43 bits per heavy atom. The number of carbonyl (C=O) groups is 3. The summed E-state index contributed by atoms with van der Waals surface area (Å²) < 4.78 is 9.86. The van der Waals surface area contributed by atoms with E-state index < -0.39 is 24.5 Å². The molecule has 1 rings (SSSR count). The zero-order chi connectivity index (χ0) is 15.9. The van der Waals surface area contributed by atoms with Gasteiger partial charge in [-0.2, -0.15) is 0 Å². The Balaban J connectivity index is 2.31. The lowest BCUT2D eigenvalue weighted by Gasteiger charge is -2.16. The minimum absolute atomic E-state index is 0.0920. The SMILES string of the molecule is C=C(CC(=O)OC1(CCCCC)CC1)C(=O)OCC(=O)O. The fourth-order valence-corrected chi connectivity index (χ4v) is 1.99. The van der Waals surface area contributed by atoms with Crippen LogP contribution in [0.3, 0.4) is 0 Å². The highest BCUT2D eigenvalue weighted by Gasteiger charge is 2.46. The normalized spacial score (nSPS) is 15.1. The second-order valence-corrected chi connectivity index (χ2v) is 5.36. The topological polar surface area (TPSA) is 89.9 Å². The van der Waals surface area contributed by atoms with Crippen molar-refractivity contribution in [3.8, 4) is 0 Å². The van der Waals surface area contributed by atoms with Crippen molar-refractivity contribution in [3.63, 3.8) is 0 Å². The van der Waals surface area contributed by atoms with Crippen molar-refractivity contribution < 1.29 is 29.0 Å². The van der Waals surface area contributed by atoms with Gasteiger partial charge in [0.25, 0.3) is 0 Å². The molecule has 1 fully saturated rings.